The molecule has 1 aliphatic rings. The zero-order valence-electron chi connectivity index (χ0n) is 17.1. The number of piperazine rings is 1. The van der Waals surface area contributed by atoms with Gasteiger partial charge in [0.1, 0.15) is 5.75 Å². The van der Waals surface area contributed by atoms with E-state index in [1.807, 2.05) is 38.1 Å². The van der Waals surface area contributed by atoms with Crippen molar-refractivity contribution in [3.63, 3.8) is 0 Å². The van der Waals surface area contributed by atoms with Crippen molar-refractivity contribution in [3.8, 4) is 5.75 Å². The summed E-state index contributed by atoms with van der Waals surface area (Å²) in [6, 6.07) is 16.3. The molecule has 0 spiro atoms. The van der Waals surface area contributed by atoms with Gasteiger partial charge in [0.05, 0.1) is 0 Å². The number of nitrogens with one attached hydrogen (secondary N) is 1. The van der Waals surface area contributed by atoms with Crippen molar-refractivity contribution < 1.29 is 9.53 Å². The minimum Gasteiger partial charge on any atom is -0.481 e. The van der Waals surface area contributed by atoms with Crippen LogP contribution in [0.4, 0.5) is 5.69 Å². The van der Waals surface area contributed by atoms with Crippen molar-refractivity contribution >= 4 is 11.6 Å². The monoisotopic (exact) mass is 381 g/mol. The van der Waals surface area contributed by atoms with Crippen molar-refractivity contribution in [2.45, 2.75) is 32.9 Å². The van der Waals surface area contributed by atoms with Gasteiger partial charge in [0.2, 0.25) is 0 Å². The first kappa shape index (κ1) is 20.2. The van der Waals surface area contributed by atoms with E-state index >= 15 is 0 Å². The van der Waals surface area contributed by atoms with Crippen LogP contribution in [0.5, 0.6) is 5.75 Å². The Bertz CT molecular complexity index is 750. The second-order valence-electron chi connectivity index (χ2n) is 7.50. The molecule has 1 saturated heterocycles. The molecule has 1 heterocycles. The van der Waals surface area contributed by atoms with Gasteiger partial charge in [-0.05, 0) is 50.2 Å². The zero-order chi connectivity index (χ0) is 19.9. The van der Waals surface area contributed by atoms with E-state index in [4.69, 9.17) is 4.74 Å². The molecule has 3 rings (SSSR count). The van der Waals surface area contributed by atoms with Crippen LogP contribution in [0.1, 0.15) is 24.5 Å². The zero-order valence-corrected chi connectivity index (χ0v) is 17.1. The maximum Gasteiger partial charge on any atom is 0.261 e. The second kappa shape index (κ2) is 9.60. The third-order valence-electron chi connectivity index (χ3n) is 5.23. The van der Waals surface area contributed by atoms with Gasteiger partial charge in [-0.3, -0.25) is 4.79 Å². The highest BCUT2D eigenvalue weighted by Gasteiger charge is 2.18. The Balaban J connectivity index is 1.50. The molecule has 0 radical (unpaired) electrons. The fourth-order valence-electron chi connectivity index (χ4n) is 3.30. The topological polar surface area (TPSA) is 44.8 Å². The first-order valence-corrected chi connectivity index (χ1v) is 10.1. The molecular weight excluding hydrogens is 350 g/mol. The van der Waals surface area contributed by atoms with Crippen LogP contribution in [-0.2, 0) is 11.3 Å². The van der Waals surface area contributed by atoms with Crippen LogP contribution in [-0.4, -0.2) is 50.1 Å². The lowest BCUT2D eigenvalue weighted by atomic mass is 10.1. The number of amides is 1. The van der Waals surface area contributed by atoms with Crippen molar-refractivity contribution in [1.82, 2.24) is 10.2 Å². The number of hydrogen-bond acceptors (Lipinski definition) is 4. The molecule has 1 N–H and O–H groups in total. The first-order chi connectivity index (χ1) is 13.5. The van der Waals surface area contributed by atoms with E-state index < -0.39 is 6.10 Å². The molecule has 1 amide bonds. The van der Waals surface area contributed by atoms with Gasteiger partial charge >= 0.3 is 0 Å². The van der Waals surface area contributed by atoms with Crippen molar-refractivity contribution in [2.24, 2.45) is 0 Å². The number of anilines is 1. The number of nitrogens with zero attached hydrogens (tertiary/aromatic N) is 2. The summed E-state index contributed by atoms with van der Waals surface area (Å²) in [4.78, 5) is 17.3. The third-order valence-corrected chi connectivity index (χ3v) is 5.23. The van der Waals surface area contributed by atoms with Gasteiger partial charge in [-0.15, -0.1) is 0 Å². The van der Waals surface area contributed by atoms with Crippen LogP contribution in [0.15, 0.2) is 48.5 Å². The molecule has 1 fully saturated rings. The summed E-state index contributed by atoms with van der Waals surface area (Å²) in [6.45, 7) is 8.80. The predicted molar refractivity (Wildman–Crippen MR) is 114 cm³/mol. The van der Waals surface area contributed by atoms with E-state index in [0.29, 0.717) is 13.0 Å². The Morgan fingerprint density at radius 1 is 1.04 bits per heavy atom. The quantitative estimate of drug-likeness (QED) is 0.800. The summed E-state index contributed by atoms with van der Waals surface area (Å²) in [6.07, 6.45) is 0.148. The molecule has 0 saturated carbocycles. The largest absolute Gasteiger partial charge is 0.481 e. The summed E-state index contributed by atoms with van der Waals surface area (Å²) in [7, 11) is 2.16. The van der Waals surface area contributed by atoms with Crippen molar-refractivity contribution in [3.05, 3.63) is 59.7 Å². The summed E-state index contributed by atoms with van der Waals surface area (Å²) in [5, 5.41) is 3.00. The van der Waals surface area contributed by atoms with Gasteiger partial charge in [-0.25, -0.2) is 0 Å². The van der Waals surface area contributed by atoms with Crippen molar-refractivity contribution in [1.29, 1.82) is 0 Å². The molecule has 2 aromatic rings. The predicted octanol–water partition coefficient (Wildman–Crippen LogP) is 3.22. The van der Waals surface area contributed by atoms with E-state index in [1.165, 1.54) is 11.3 Å². The standard InChI is InChI=1S/C23H31N3O2/c1-4-22(28-21-11-5-18(2)6-12-21)23(27)24-17-19-7-9-20(10-8-19)26-15-13-25(3)14-16-26/h5-12,22H,4,13-17H2,1-3H3,(H,24,27)/t22-/m0/s1. The van der Waals surface area contributed by atoms with Gasteiger partial charge < -0.3 is 19.9 Å². The highest BCUT2D eigenvalue weighted by molar-refractivity contribution is 5.81. The molecule has 0 aromatic heterocycles. The van der Waals surface area contributed by atoms with Crippen LogP contribution < -0.4 is 15.0 Å². The number of carbonyl (C=O) groups excluding carboxylic acids is 1. The first-order valence-electron chi connectivity index (χ1n) is 10.1. The molecule has 150 valence electrons. The molecule has 1 atom stereocenters. The normalized spacial score (nSPS) is 15.9. The molecule has 0 aliphatic carbocycles. The molecule has 0 bridgehead atoms. The molecule has 2 aromatic carbocycles. The Labute approximate surface area is 168 Å². The van der Waals surface area contributed by atoms with Crippen LogP contribution in [0.3, 0.4) is 0 Å². The fraction of sp³-hybridized carbons (Fsp3) is 0.435. The number of ether oxygens (including phenoxy) is 1. The van der Waals surface area contributed by atoms with Crippen LogP contribution in [0.25, 0.3) is 0 Å². The Morgan fingerprint density at radius 3 is 2.29 bits per heavy atom. The van der Waals surface area contributed by atoms with Gasteiger partial charge in [-0.1, -0.05) is 36.8 Å². The minimum absolute atomic E-state index is 0.0776. The number of aryl methyl sites for hydroxylation is 1. The molecular formula is C23H31N3O2. The number of likely N-dealkylation sites (N-methyl/N-ethyl adjacent to an activating group) is 1. The van der Waals surface area contributed by atoms with Gasteiger partial charge in [0.15, 0.2) is 6.10 Å². The van der Waals surface area contributed by atoms with E-state index in [0.717, 1.165) is 37.5 Å². The molecule has 28 heavy (non-hydrogen) atoms. The maximum atomic E-state index is 12.5. The van der Waals surface area contributed by atoms with Crippen LogP contribution in [0.2, 0.25) is 0 Å². The van der Waals surface area contributed by atoms with Gasteiger partial charge in [0, 0.05) is 38.4 Å². The SMILES string of the molecule is CC[C@H](Oc1ccc(C)cc1)C(=O)NCc1ccc(N2CCN(C)CC2)cc1. The lowest BCUT2D eigenvalue weighted by molar-refractivity contribution is -0.128. The Morgan fingerprint density at radius 2 is 1.68 bits per heavy atom. The lowest BCUT2D eigenvalue weighted by Crippen LogP contribution is -2.44. The van der Waals surface area contributed by atoms with Gasteiger partial charge in [0.25, 0.3) is 5.91 Å². The smallest absolute Gasteiger partial charge is 0.261 e. The van der Waals surface area contributed by atoms with Crippen molar-refractivity contribution in [2.75, 3.05) is 38.1 Å². The Kier molecular flexibility index (Phi) is 6.93. The van der Waals surface area contributed by atoms with E-state index in [9.17, 15) is 4.79 Å². The molecule has 5 nitrogen and oxygen atoms in total. The summed E-state index contributed by atoms with van der Waals surface area (Å²) >= 11 is 0. The van der Waals surface area contributed by atoms with Gasteiger partial charge in [-0.2, -0.15) is 0 Å². The maximum absolute atomic E-state index is 12.5. The van der Waals surface area contributed by atoms with E-state index in [2.05, 4.69) is 46.4 Å². The molecule has 0 unspecified atom stereocenters. The average Bonchev–Trinajstić information content (AvgIpc) is 2.72. The van der Waals surface area contributed by atoms with E-state index in [1.54, 1.807) is 0 Å². The minimum atomic E-state index is -0.479. The Hall–Kier alpha value is -2.53. The number of hydrogen-bond donors (Lipinski definition) is 1. The third kappa shape index (κ3) is 5.49. The summed E-state index contributed by atoms with van der Waals surface area (Å²) in [5.41, 5.74) is 3.51. The summed E-state index contributed by atoms with van der Waals surface area (Å²) < 4.78 is 5.85. The molecule has 1 aliphatic heterocycles. The van der Waals surface area contributed by atoms with Crippen LogP contribution in [0, 0.1) is 6.92 Å². The number of benzene rings is 2. The molecule has 5 heteroatoms. The van der Waals surface area contributed by atoms with Crippen LogP contribution >= 0.6 is 0 Å². The fourth-order valence-corrected chi connectivity index (χ4v) is 3.30. The average molecular weight is 382 g/mol. The highest BCUT2D eigenvalue weighted by Crippen LogP contribution is 2.18. The number of rotatable bonds is 7. The second-order valence-corrected chi connectivity index (χ2v) is 7.50. The number of carbonyl (C=O) groups is 1. The highest BCUT2D eigenvalue weighted by atomic mass is 16.5. The van der Waals surface area contributed by atoms with E-state index in [-0.39, 0.29) is 5.91 Å². The summed E-state index contributed by atoms with van der Waals surface area (Å²) in [5.74, 6) is 0.648. The lowest BCUT2D eigenvalue weighted by Gasteiger charge is -2.34.